The van der Waals surface area contributed by atoms with Crippen molar-refractivity contribution in [3.05, 3.63) is 40.3 Å². The summed E-state index contributed by atoms with van der Waals surface area (Å²) in [6.07, 6.45) is 1.83. The molecule has 1 aromatic heterocycles. The highest BCUT2D eigenvalue weighted by Gasteiger charge is 2.12. The number of hydrogen-bond acceptors (Lipinski definition) is 4. The molecule has 0 saturated heterocycles. The number of nitrogens with zero attached hydrogens (tertiary/aromatic N) is 2. The normalized spacial score (nSPS) is 10.5. The van der Waals surface area contributed by atoms with E-state index in [0.717, 1.165) is 12.6 Å². The van der Waals surface area contributed by atoms with E-state index in [1.165, 1.54) is 6.07 Å². The summed E-state index contributed by atoms with van der Waals surface area (Å²) in [6.45, 7) is 2.59. The summed E-state index contributed by atoms with van der Waals surface area (Å²) in [5.41, 5.74) is -0.0951. The lowest BCUT2D eigenvalue weighted by atomic mass is 10.3. The Kier molecular flexibility index (Phi) is 5.00. The van der Waals surface area contributed by atoms with Gasteiger partial charge in [0.15, 0.2) is 11.6 Å². The molecular formula is C13H12BrF3N4. The minimum Gasteiger partial charge on any atom is -0.354 e. The van der Waals surface area contributed by atoms with Crippen molar-refractivity contribution in [3.8, 4) is 0 Å². The number of aromatic nitrogens is 2. The molecule has 0 bridgehead atoms. The van der Waals surface area contributed by atoms with E-state index in [9.17, 15) is 13.2 Å². The average molecular weight is 361 g/mol. The van der Waals surface area contributed by atoms with Crippen LogP contribution in [0.2, 0.25) is 0 Å². The minimum atomic E-state index is -0.850. The quantitative estimate of drug-likeness (QED) is 0.783. The van der Waals surface area contributed by atoms with Crippen LogP contribution in [0.1, 0.15) is 13.3 Å². The van der Waals surface area contributed by atoms with Gasteiger partial charge < -0.3 is 10.6 Å². The zero-order valence-corrected chi connectivity index (χ0v) is 12.6. The first-order valence-electron chi connectivity index (χ1n) is 6.19. The molecule has 0 spiro atoms. The van der Waals surface area contributed by atoms with E-state index >= 15 is 0 Å². The topological polar surface area (TPSA) is 49.8 Å². The molecule has 0 aliphatic rings. The lowest BCUT2D eigenvalue weighted by Gasteiger charge is -2.10. The van der Waals surface area contributed by atoms with Crippen molar-refractivity contribution in [2.24, 2.45) is 0 Å². The van der Waals surface area contributed by atoms with Gasteiger partial charge in [-0.2, -0.15) is 4.98 Å². The zero-order valence-electron chi connectivity index (χ0n) is 11.1. The first-order valence-corrected chi connectivity index (χ1v) is 6.98. The maximum atomic E-state index is 13.7. The number of anilines is 3. The van der Waals surface area contributed by atoms with E-state index in [2.05, 4.69) is 36.5 Å². The van der Waals surface area contributed by atoms with Gasteiger partial charge in [-0.05, 0) is 28.4 Å². The summed E-state index contributed by atoms with van der Waals surface area (Å²) in [5, 5.41) is 5.38. The third-order valence-electron chi connectivity index (χ3n) is 2.54. The van der Waals surface area contributed by atoms with Crippen LogP contribution < -0.4 is 10.6 Å². The van der Waals surface area contributed by atoms with Crippen LogP contribution in [0.4, 0.5) is 30.6 Å². The van der Waals surface area contributed by atoms with Gasteiger partial charge in [0, 0.05) is 12.6 Å². The van der Waals surface area contributed by atoms with Crippen molar-refractivity contribution in [2.45, 2.75) is 13.3 Å². The molecule has 1 aromatic carbocycles. The molecule has 2 N–H and O–H groups in total. The van der Waals surface area contributed by atoms with Gasteiger partial charge in [-0.3, -0.25) is 0 Å². The molecular weight excluding hydrogens is 349 g/mol. The second-order valence-corrected chi connectivity index (χ2v) is 5.04. The average Bonchev–Trinajstić information content (AvgIpc) is 2.45. The maximum Gasteiger partial charge on any atom is 0.224 e. The van der Waals surface area contributed by atoms with Crippen LogP contribution in [-0.4, -0.2) is 16.5 Å². The molecule has 0 amide bonds. The number of rotatable bonds is 5. The van der Waals surface area contributed by atoms with Gasteiger partial charge in [0.2, 0.25) is 5.95 Å². The number of benzene rings is 1. The van der Waals surface area contributed by atoms with Gasteiger partial charge in [0.1, 0.15) is 11.6 Å². The Morgan fingerprint density at radius 2 is 1.90 bits per heavy atom. The predicted molar refractivity (Wildman–Crippen MR) is 78.1 cm³/mol. The third-order valence-corrected chi connectivity index (χ3v) is 3.15. The highest BCUT2D eigenvalue weighted by molar-refractivity contribution is 9.10. The number of nitrogens with one attached hydrogen (secondary N) is 2. The standard InChI is InChI=1S/C13H12BrF3N4/c1-2-3-18-13-19-6-10(17)12(21-13)20-11-4-7(14)8(15)5-9(11)16/h4-6H,2-3H2,1H3,(H2,18,19,20,21). The molecule has 1 heterocycles. The van der Waals surface area contributed by atoms with Gasteiger partial charge in [-0.1, -0.05) is 6.92 Å². The summed E-state index contributed by atoms with van der Waals surface area (Å²) in [7, 11) is 0. The van der Waals surface area contributed by atoms with Crippen LogP contribution in [0, 0.1) is 17.5 Å². The Balaban J connectivity index is 2.28. The molecule has 4 nitrogen and oxygen atoms in total. The summed E-state index contributed by atoms with van der Waals surface area (Å²) >= 11 is 2.94. The predicted octanol–water partition coefficient (Wildman–Crippen LogP) is 4.22. The van der Waals surface area contributed by atoms with Gasteiger partial charge in [-0.15, -0.1) is 0 Å². The molecule has 0 radical (unpaired) electrons. The van der Waals surface area contributed by atoms with Crippen molar-refractivity contribution in [1.29, 1.82) is 0 Å². The van der Waals surface area contributed by atoms with E-state index in [4.69, 9.17) is 0 Å². The number of halogens is 4. The SMILES string of the molecule is CCCNc1ncc(F)c(Nc2cc(Br)c(F)cc2F)n1. The lowest BCUT2D eigenvalue weighted by Crippen LogP contribution is -2.07. The molecule has 0 atom stereocenters. The fraction of sp³-hybridized carbons (Fsp3) is 0.231. The van der Waals surface area contributed by atoms with Crippen molar-refractivity contribution in [3.63, 3.8) is 0 Å². The van der Waals surface area contributed by atoms with Crippen molar-refractivity contribution in [1.82, 2.24) is 9.97 Å². The van der Waals surface area contributed by atoms with E-state index < -0.39 is 17.5 Å². The number of hydrogen-bond donors (Lipinski definition) is 2. The van der Waals surface area contributed by atoms with Gasteiger partial charge >= 0.3 is 0 Å². The minimum absolute atomic E-state index is 0.0604. The Bertz CT molecular complexity index is 652. The van der Waals surface area contributed by atoms with Gasteiger partial charge in [-0.25, -0.2) is 18.2 Å². The van der Waals surface area contributed by atoms with E-state index in [1.54, 1.807) is 0 Å². The smallest absolute Gasteiger partial charge is 0.224 e. The Hall–Kier alpha value is -1.83. The summed E-state index contributed by atoms with van der Waals surface area (Å²) in [6, 6.07) is 1.87. The van der Waals surface area contributed by atoms with E-state index in [0.29, 0.717) is 12.6 Å². The van der Waals surface area contributed by atoms with E-state index in [-0.39, 0.29) is 21.9 Å². The first kappa shape index (κ1) is 15.6. The van der Waals surface area contributed by atoms with Crippen LogP contribution in [-0.2, 0) is 0 Å². The van der Waals surface area contributed by atoms with Gasteiger partial charge in [0.25, 0.3) is 0 Å². The maximum absolute atomic E-state index is 13.7. The summed E-state index contributed by atoms with van der Waals surface area (Å²) < 4.78 is 40.5. The monoisotopic (exact) mass is 360 g/mol. The van der Waals surface area contributed by atoms with E-state index in [1.807, 2.05) is 6.92 Å². The third kappa shape index (κ3) is 3.84. The second kappa shape index (κ2) is 6.75. The van der Waals surface area contributed by atoms with Crippen LogP contribution in [0.3, 0.4) is 0 Å². The molecule has 8 heteroatoms. The van der Waals surface area contributed by atoms with Crippen LogP contribution in [0.15, 0.2) is 22.8 Å². The molecule has 112 valence electrons. The Labute approximate surface area is 127 Å². The van der Waals surface area contributed by atoms with Crippen LogP contribution in [0.5, 0.6) is 0 Å². The van der Waals surface area contributed by atoms with Crippen LogP contribution in [0.25, 0.3) is 0 Å². The molecule has 0 fully saturated rings. The Morgan fingerprint density at radius 3 is 2.62 bits per heavy atom. The highest BCUT2D eigenvalue weighted by atomic mass is 79.9. The summed E-state index contributed by atoms with van der Waals surface area (Å²) in [4.78, 5) is 7.69. The molecule has 0 aliphatic carbocycles. The van der Waals surface area contributed by atoms with Gasteiger partial charge in [0.05, 0.1) is 16.4 Å². The lowest BCUT2D eigenvalue weighted by molar-refractivity contribution is 0.581. The molecule has 2 rings (SSSR count). The fourth-order valence-corrected chi connectivity index (χ4v) is 1.87. The van der Waals surface area contributed by atoms with Crippen molar-refractivity contribution in [2.75, 3.05) is 17.2 Å². The molecule has 0 aliphatic heterocycles. The molecule has 0 saturated carbocycles. The van der Waals surface area contributed by atoms with Crippen molar-refractivity contribution >= 4 is 33.4 Å². The Morgan fingerprint density at radius 1 is 1.14 bits per heavy atom. The van der Waals surface area contributed by atoms with Crippen LogP contribution >= 0.6 is 15.9 Å². The second-order valence-electron chi connectivity index (χ2n) is 4.19. The zero-order chi connectivity index (χ0) is 15.4. The molecule has 21 heavy (non-hydrogen) atoms. The fourth-order valence-electron chi connectivity index (χ4n) is 1.52. The largest absolute Gasteiger partial charge is 0.354 e. The molecule has 0 unspecified atom stereocenters. The van der Waals surface area contributed by atoms with Crippen molar-refractivity contribution < 1.29 is 13.2 Å². The summed E-state index contributed by atoms with van der Waals surface area (Å²) in [5.74, 6) is -2.30. The highest BCUT2D eigenvalue weighted by Crippen LogP contribution is 2.26. The first-order chi connectivity index (χ1) is 10.0. The molecule has 2 aromatic rings.